The molecule has 7 heteroatoms. The highest BCUT2D eigenvalue weighted by molar-refractivity contribution is 7.99. The predicted molar refractivity (Wildman–Crippen MR) is 105 cm³/mol. The van der Waals surface area contributed by atoms with Gasteiger partial charge in [-0.2, -0.15) is 11.3 Å². The van der Waals surface area contributed by atoms with Crippen LogP contribution in [0.3, 0.4) is 0 Å². The highest BCUT2D eigenvalue weighted by Crippen LogP contribution is 2.30. The zero-order chi connectivity index (χ0) is 17.9. The maximum atomic E-state index is 12.8. The van der Waals surface area contributed by atoms with E-state index < -0.39 is 0 Å². The summed E-state index contributed by atoms with van der Waals surface area (Å²) in [6.07, 6.45) is 3.93. The zero-order valence-corrected chi connectivity index (χ0v) is 16.2. The zero-order valence-electron chi connectivity index (χ0n) is 14.5. The van der Waals surface area contributed by atoms with Crippen LogP contribution in [0.2, 0.25) is 0 Å². The molecule has 1 amide bonds. The molecule has 2 aromatic heterocycles. The van der Waals surface area contributed by atoms with E-state index in [-0.39, 0.29) is 5.91 Å². The Labute approximate surface area is 161 Å². The number of hydrogen-bond acceptors (Lipinski definition) is 5. The van der Waals surface area contributed by atoms with Crippen LogP contribution in [0.5, 0.6) is 0 Å². The second kappa shape index (κ2) is 7.63. The minimum absolute atomic E-state index is 0.169. The van der Waals surface area contributed by atoms with E-state index in [0.717, 1.165) is 29.2 Å². The number of aromatic nitrogens is 3. The van der Waals surface area contributed by atoms with E-state index in [1.165, 1.54) is 17.3 Å². The van der Waals surface area contributed by atoms with E-state index in [4.69, 9.17) is 0 Å². The Morgan fingerprint density at radius 1 is 1.35 bits per heavy atom. The molecule has 0 saturated heterocycles. The van der Waals surface area contributed by atoms with Crippen LogP contribution in [0.15, 0.2) is 52.6 Å². The first-order chi connectivity index (χ1) is 12.7. The number of amides is 1. The number of rotatable bonds is 7. The molecule has 26 heavy (non-hydrogen) atoms. The minimum atomic E-state index is 0.169. The number of thioether (sulfide) groups is 1. The summed E-state index contributed by atoms with van der Waals surface area (Å²) in [5, 5.41) is 13.2. The second-order valence-electron chi connectivity index (χ2n) is 6.44. The Hall–Kier alpha value is -2.12. The summed E-state index contributed by atoms with van der Waals surface area (Å²) in [6, 6.07) is 10.6. The molecular formula is C19H20N4OS2. The van der Waals surface area contributed by atoms with Crippen molar-refractivity contribution >= 4 is 29.0 Å². The molecule has 1 fully saturated rings. The number of thiophene rings is 1. The van der Waals surface area contributed by atoms with Crippen molar-refractivity contribution in [2.24, 2.45) is 0 Å². The van der Waals surface area contributed by atoms with E-state index in [1.807, 2.05) is 27.7 Å². The smallest absolute Gasteiger partial charge is 0.233 e. The fourth-order valence-corrected chi connectivity index (χ4v) is 4.39. The third-order valence-corrected chi connectivity index (χ3v) is 6.12. The third kappa shape index (κ3) is 3.83. The van der Waals surface area contributed by atoms with E-state index in [1.54, 1.807) is 17.7 Å². The lowest BCUT2D eigenvalue weighted by atomic mass is 10.2. The van der Waals surface area contributed by atoms with Gasteiger partial charge in [-0.25, -0.2) is 0 Å². The summed E-state index contributed by atoms with van der Waals surface area (Å²) in [7, 11) is 0. The van der Waals surface area contributed by atoms with Gasteiger partial charge in [0.2, 0.25) is 5.91 Å². The maximum Gasteiger partial charge on any atom is 0.233 e. The summed E-state index contributed by atoms with van der Waals surface area (Å²) >= 11 is 3.13. The molecular weight excluding hydrogens is 364 g/mol. The summed E-state index contributed by atoms with van der Waals surface area (Å²) in [5.74, 6) is 0.550. The molecule has 4 rings (SSSR count). The van der Waals surface area contributed by atoms with E-state index in [9.17, 15) is 4.79 Å². The van der Waals surface area contributed by atoms with Crippen LogP contribution >= 0.6 is 23.1 Å². The molecule has 134 valence electrons. The number of carbonyl (C=O) groups excluding carboxylic acids is 1. The molecule has 0 spiro atoms. The average molecular weight is 385 g/mol. The fourth-order valence-electron chi connectivity index (χ4n) is 2.92. The molecule has 1 aliphatic carbocycles. The van der Waals surface area contributed by atoms with Gasteiger partial charge in [-0.05, 0) is 53.8 Å². The Kier molecular flexibility index (Phi) is 5.08. The van der Waals surface area contributed by atoms with Crippen LogP contribution < -0.4 is 0 Å². The van der Waals surface area contributed by atoms with Crippen molar-refractivity contribution in [2.45, 2.75) is 37.5 Å². The van der Waals surface area contributed by atoms with Crippen LogP contribution in [0, 0.1) is 6.92 Å². The number of benzene rings is 1. The first kappa shape index (κ1) is 17.3. The highest BCUT2D eigenvalue weighted by atomic mass is 32.2. The first-order valence-corrected chi connectivity index (χ1v) is 10.5. The predicted octanol–water partition coefficient (Wildman–Crippen LogP) is 3.92. The normalized spacial score (nSPS) is 13.7. The fraction of sp³-hybridized carbons (Fsp3) is 0.316. The van der Waals surface area contributed by atoms with Gasteiger partial charge < -0.3 is 4.90 Å². The second-order valence-corrected chi connectivity index (χ2v) is 8.17. The first-order valence-electron chi connectivity index (χ1n) is 8.62. The van der Waals surface area contributed by atoms with Gasteiger partial charge in [-0.15, -0.1) is 10.2 Å². The number of para-hydroxylation sites is 1. The topological polar surface area (TPSA) is 51.0 Å². The Morgan fingerprint density at radius 3 is 2.92 bits per heavy atom. The molecule has 0 radical (unpaired) electrons. The van der Waals surface area contributed by atoms with Crippen molar-refractivity contribution in [3.8, 4) is 5.69 Å². The van der Waals surface area contributed by atoms with Gasteiger partial charge in [0.1, 0.15) is 6.33 Å². The lowest BCUT2D eigenvalue weighted by molar-refractivity contribution is -0.129. The molecule has 5 nitrogen and oxygen atoms in total. The molecule has 0 aliphatic heterocycles. The van der Waals surface area contributed by atoms with Crippen LogP contribution in [0.4, 0.5) is 0 Å². The van der Waals surface area contributed by atoms with Crippen LogP contribution in [0.1, 0.15) is 24.0 Å². The quantitative estimate of drug-likeness (QED) is 0.579. The van der Waals surface area contributed by atoms with Gasteiger partial charge in [0.05, 0.1) is 11.4 Å². The van der Waals surface area contributed by atoms with Crippen molar-refractivity contribution in [2.75, 3.05) is 5.75 Å². The number of hydrogen-bond donors (Lipinski definition) is 0. The molecule has 1 saturated carbocycles. The van der Waals surface area contributed by atoms with Crippen molar-refractivity contribution in [3.63, 3.8) is 0 Å². The third-order valence-electron chi connectivity index (χ3n) is 4.46. The average Bonchev–Trinajstić information content (AvgIpc) is 3.16. The molecule has 0 N–H and O–H groups in total. The van der Waals surface area contributed by atoms with Crippen molar-refractivity contribution < 1.29 is 4.79 Å². The highest BCUT2D eigenvalue weighted by Gasteiger charge is 2.32. The summed E-state index contributed by atoms with van der Waals surface area (Å²) in [4.78, 5) is 14.8. The number of nitrogens with zero attached hydrogens (tertiary/aromatic N) is 4. The van der Waals surface area contributed by atoms with Crippen LogP contribution in [0.25, 0.3) is 5.69 Å². The van der Waals surface area contributed by atoms with Crippen LogP contribution in [-0.2, 0) is 11.3 Å². The SMILES string of the molecule is Cc1ccccc1-n1cnnc1SCC(=O)N(Cc1ccsc1)C1CC1. The lowest BCUT2D eigenvalue weighted by Gasteiger charge is -2.21. The molecule has 3 aromatic rings. The molecule has 1 aromatic carbocycles. The maximum absolute atomic E-state index is 12.8. The van der Waals surface area contributed by atoms with Gasteiger partial charge in [0.15, 0.2) is 5.16 Å². The molecule has 0 unspecified atom stereocenters. The minimum Gasteiger partial charge on any atom is -0.335 e. The lowest BCUT2D eigenvalue weighted by Crippen LogP contribution is -2.33. The Morgan fingerprint density at radius 2 is 2.19 bits per heavy atom. The van der Waals surface area contributed by atoms with E-state index >= 15 is 0 Å². The molecule has 0 atom stereocenters. The van der Waals surface area contributed by atoms with Gasteiger partial charge in [-0.1, -0.05) is 30.0 Å². The summed E-state index contributed by atoms with van der Waals surface area (Å²) < 4.78 is 1.95. The van der Waals surface area contributed by atoms with Crippen LogP contribution in [-0.4, -0.2) is 37.4 Å². The number of carbonyl (C=O) groups is 1. The number of aryl methyl sites for hydroxylation is 1. The Bertz CT molecular complexity index is 887. The van der Waals surface area contributed by atoms with E-state index in [0.29, 0.717) is 18.3 Å². The van der Waals surface area contributed by atoms with Crippen molar-refractivity contribution in [1.29, 1.82) is 0 Å². The standard InChI is InChI=1S/C19H20N4OS2/c1-14-4-2-3-5-17(14)23-13-20-21-19(23)26-12-18(24)22(16-6-7-16)10-15-8-9-25-11-15/h2-5,8-9,11,13,16H,6-7,10,12H2,1H3. The summed E-state index contributed by atoms with van der Waals surface area (Å²) in [5.41, 5.74) is 3.41. The van der Waals surface area contributed by atoms with Crippen molar-refractivity contribution in [3.05, 3.63) is 58.5 Å². The molecule has 2 heterocycles. The van der Waals surface area contributed by atoms with Gasteiger partial charge in [-0.3, -0.25) is 9.36 Å². The van der Waals surface area contributed by atoms with Gasteiger partial charge in [0, 0.05) is 12.6 Å². The molecule has 1 aliphatic rings. The van der Waals surface area contributed by atoms with E-state index in [2.05, 4.69) is 40.0 Å². The van der Waals surface area contributed by atoms with Crippen molar-refractivity contribution in [1.82, 2.24) is 19.7 Å². The van der Waals surface area contributed by atoms with Gasteiger partial charge in [0.25, 0.3) is 0 Å². The Balaban J connectivity index is 1.45. The van der Waals surface area contributed by atoms with Gasteiger partial charge >= 0.3 is 0 Å². The summed E-state index contributed by atoms with van der Waals surface area (Å²) in [6.45, 7) is 2.77. The molecule has 0 bridgehead atoms. The monoisotopic (exact) mass is 384 g/mol. The largest absolute Gasteiger partial charge is 0.335 e.